The predicted molar refractivity (Wildman–Crippen MR) is 20.9 cm³/mol. The first-order valence-corrected chi connectivity index (χ1v) is 1.76. The Morgan fingerprint density at radius 1 is 1.17 bits per heavy atom. The van der Waals surface area contributed by atoms with Crippen molar-refractivity contribution < 1.29 is 8.78 Å². The van der Waals surface area contributed by atoms with Crippen LogP contribution in [0.2, 0.25) is 0 Å². The Morgan fingerprint density at radius 3 is 1.33 bits per heavy atom. The lowest BCUT2D eigenvalue weighted by atomic mass is 11.1. The molecule has 6 heavy (non-hydrogen) atoms. The summed E-state index contributed by atoms with van der Waals surface area (Å²) in [6, 6.07) is 0. The highest BCUT2D eigenvalue weighted by atomic mass is 35.5. The molecule has 36 valence electrons. The van der Waals surface area contributed by atoms with E-state index in [1.54, 1.807) is 0 Å². The summed E-state index contributed by atoms with van der Waals surface area (Å²) in [6.45, 7) is 0. The minimum absolute atomic E-state index is 0.963. The molecule has 0 N–H and O–H groups in total. The van der Waals surface area contributed by atoms with E-state index in [2.05, 4.69) is 23.2 Å². The van der Waals surface area contributed by atoms with Gasteiger partial charge in [0.05, 0.1) is 0 Å². The van der Waals surface area contributed by atoms with Gasteiger partial charge in [-0.15, -0.1) is 0 Å². The zero-order chi connectivity index (χ0) is 5.15. The van der Waals surface area contributed by atoms with Crippen LogP contribution in [-0.2, 0) is 0 Å². The molecule has 0 amide bonds. The van der Waals surface area contributed by atoms with Crippen molar-refractivity contribution in [2.45, 2.75) is 0 Å². The molecule has 0 radical (unpaired) electrons. The fourth-order valence-electron chi connectivity index (χ4n) is 0. The normalized spacial score (nSPS) is 8.00. The van der Waals surface area contributed by atoms with E-state index in [4.69, 9.17) is 0 Å². The molecule has 0 heterocycles. The second-order valence-electron chi connectivity index (χ2n) is 0.521. The fraction of sp³-hybridized carbons (Fsp3) is 0. The molecule has 0 spiro atoms. The monoisotopic (exact) mass is 132 g/mol. The van der Waals surface area contributed by atoms with E-state index in [0.29, 0.717) is 0 Å². The van der Waals surface area contributed by atoms with Gasteiger partial charge in [0, 0.05) is 0 Å². The average molecular weight is 133 g/mol. The largest absolute Gasteiger partial charge is 0.300 e. The lowest BCUT2D eigenvalue weighted by molar-refractivity contribution is 0.421. The second-order valence-corrected chi connectivity index (χ2v) is 1.47. The third kappa shape index (κ3) is 2.42. The van der Waals surface area contributed by atoms with Crippen molar-refractivity contribution in [2.24, 2.45) is 0 Å². The summed E-state index contributed by atoms with van der Waals surface area (Å²) in [4.78, 5) is 0. The molecule has 0 aromatic carbocycles. The molecule has 0 unspecified atom stereocenters. The van der Waals surface area contributed by atoms with Gasteiger partial charge in [-0.2, -0.15) is 8.78 Å². The smallest absolute Gasteiger partial charge is 0.171 e. The highest BCUT2D eigenvalue weighted by molar-refractivity contribution is 6.56. The van der Waals surface area contributed by atoms with Gasteiger partial charge in [0.1, 0.15) is 0 Å². The van der Waals surface area contributed by atoms with Crippen LogP contribution in [0, 0.1) is 0 Å². The molecule has 0 saturated carbocycles. The highest BCUT2D eigenvalue weighted by Gasteiger charge is 1.93. The Balaban J connectivity index is 3.68. The summed E-state index contributed by atoms with van der Waals surface area (Å²) < 4.78 is 20.6. The van der Waals surface area contributed by atoms with Gasteiger partial charge in [-0.3, -0.25) is 0 Å². The van der Waals surface area contributed by atoms with Gasteiger partial charge in [0.15, 0.2) is 4.49 Å². The maximum Gasteiger partial charge on any atom is 0.300 e. The van der Waals surface area contributed by atoms with Crippen LogP contribution in [0.15, 0.2) is 10.6 Å². The third-order valence-electron chi connectivity index (χ3n) is 0.143. The van der Waals surface area contributed by atoms with E-state index in [1.807, 2.05) is 0 Å². The highest BCUT2D eigenvalue weighted by Crippen LogP contribution is 2.14. The van der Waals surface area contributed by atoms with Crippen molar-refractivity contribution in [2.75, 3.05) is 0 Å². The van der Waals surface area contributed by atoms with E-state index in [1.165, 1.54) is 0 Å². The molecule has 0 aliphatic carbocycles. The van der Waals surface area contributed by atoms with E-state index < -0.39 is 10.6 Å². The Bertz CT molecular complexity index is 59.6. The van der Waals surface area contributed by atoms with Crippen LogP contribution in [0.25, 0.3) is 0 Å². The lowest BCUT2D eigenvalue weighted by Gasteiger charge is -1.72. The van der Waals surface area contributed by atoms with Gasteiger partial charge in [0.2, 0.25) is 0 Å². The van der Waals surface area contributed by atoms with Crippen molar-refractivity contribution in [3.8, 4) is 0 Å². The van der Waals surface area contributed by atoms with Crippen LogP contribution in [0.1, 0.15) is 0 Å². The van der Waals surface area contributed by atoms with E-state index in [0.717, 1.165) is 0 Å². The second kappa shape index (κ2) is 2.37. The Labute approximate surface area is 43.4 Å². The molecule has 0 rings (SSSR count). The van der Waals surface area contributed by atoms with Gasteiger partial charge < -0.3 is 0 Å². The molecule has 0 fully saturated rings. The van der Waals surface area contributed by atoms with Gasteiger partial charge in [-0.1, -0.05) is 23.2 Å². The number of hydrogen-bond donors (Lipinski definition) is 0. The lowest BCUT2D eigenvalue weighted by Crippen LogP contribution is -1.52. The van der Waals surface area contributed by atoms with Crippen molar-refractivity contribution in [3.05, 3.63) is 10.6 Å². The van der Waals surface area contributed by atoms with Crippen LogP contribution in [0.4, 0.5) is 8.78 Å². The summed E-state index contributed by atoms with van der Waals surface area (Å²) in [5, 5.41) is 0. The first-order valence-electron chi connectivity index (χ1n) is 1.01. The number of halogens is 4. The molecule has 0 bridgehead atoms. The molecule has 0 aromatic rings. The molecule has 0 nitrogen and oxygen atoms in total. The quantitative estimate of drug-likeness (QED) is 0.476. The Morgan fingerprint density at radius 2 is 1.33 bits per heavy atom. The molecule has 0 atom stereocenters. The van der Waals surface area contributed by atoms with Crippen LogP contribution in [0.5, 0.6) is 0 Å². The maximum absolute atomic E-state index is 10.8. The first-order chi connectivity index (χ1) is 2.64. The fourth-order valence-corrected chi connectivity index (χ4v) is 0. The van der Waals surface area contributed by atoms with Crippen LogP contribution < -0.4 is 0 Å². The van der Waals surface area contributed by atoms with Crippen molar-refractivity contribution in [1.29, 1.82) is 0 Å². The standard InChI is InChI=1S/C2Cl2F2/c3-1(4)2(5)6. The Hall–Kier alpha value is 0.180. The Kier molecular flexibility index (Phi) is 2.44. The van der Waals surface area contributed by atoms with Crippen molar-refractivity contribution in [3.63, 3.8) is 0 Å². The zero-order valence-corrected chi connectivity index (χ0v) is 4.02. The number of hydrogen-bond acceptors (Lipinski definition) is 0. The van der Waals surface area contributed by atoms with Gasteiger partial charge in [-0.25, -0.2) is 0 Å². The van der Waals surface area contributed by atoms with Crippen molar-refractivity contribution >= 4 is 23.2 Å². The molecule has 0 aliphatic rings. The van der Waals surface area contributed by atoms with E-state index >= 15 is 0 Å². The van der Waals surface area contributed by atoms with Crippen LogP contribution in [0.3, 0.4) is 0 Å². The first kappa shape index (κ1) is 6.18. The molecular weight excluding hydrogens is 133 g/mol. The zero-order valence-electron chi connectivity index (χ0n) is 2.51. The maximum atomic E-state index is 10.8. The molecule has 0 aromatic heterocycles. The topological polar surface area (TPSA) is 0 Å². The van der Waals surface area contributed by atoms with Gasteiger partial charge in [-0.05, 0) is 0 Å². The average Bonchev–Trinajstić information content (AvgIpc) is 1.36. The van der Waals surface area contributed by atoms with Crippen molar-refractivity contribution in [1.82, 2.24) is 0 Å². The molecule has 0 saturated heterocycles. The summed E-state index contributed by atoms with van der Waals surface area (Å²) in [7, 11) is 0. The summed E-state index contributed by atoms with van der Waals surface area (Å²) in [5.41, 5.74) is 0. The van der Waals surface area contributed by atoms with Crippen LogP contribution in [-0.4, -0.2) is 0 Å². The van der Waals surface area contributed by atoms with Crippen LogP contribution >= 0.6 is 23.2 Å². The number of rotatable bonds is 0. The predicted octanol–water partition coefficient (Wildman–Crippen LogP) is 2.53. The molecule has 4 heteroatoms. The molecule has 0 aliphatic heterocycles. The summed E-state index contributed by atoms with van der Waals surface area (Å²) in [5.74, 6) is 0. The van der Waals surface area contributed by atoms with E-state index in [9.17, 15) is 8.78 Å². The van der Waals surface area contributed by atoms with Gasteiger partial charge >= 0.3 is 0 Å². The minimum Gasteiger partial charge on any atom is -0.171 e. The van der Waals surface area contributed by atoms with Gasteiger partial charge in [0.25, 0.3) is 6.08 Å². The van der Waals surface area contributed by atoms with E-state index in [-0.39, 0.29) is 0 Å². The summed E-state index contributed by atoms with van der Waals surface area (Å²) >= 11 is 9.02. The minimum atomic E-state index is -2.04. The summed E-state index contributed by atoms with van der Waals surface area (Å²) in [6.07, 6.45) is -2.04. The third-order valence-corrected chi connectivity index (χ3v) is 0.429. The molecular formula is C2Cl2F2. The SMILES string of the molecule is FC(F)=C(Cl)Cl.